The van der Waals surface area contributed by atoms with Gasteiger partial charge in [0.1, 0.15) is 19.0 Å². The smallest absolute Gasteiger partial charge is 0.269 e. The van der Waals surface area contributed by atoms with Gasteiger partial charge in [-0.05, 0) is 25.0 Å². The minimum Gasteiger partial charge on any atom is -0.497 e. The van der Waals surface area contributed by atoms with Crippen LogP contribution < -0.4 is 24.7 Å². The van der Waals surface area contributed by atoms with Gasteiger partial charge in [0.05, 0.1) is 36.2 Å². The van der Waals surface area contributed by atoms with Gasteiger partial charge in [-0.15, -0.1) is 0 Å². The molecule has 0 N–H and O–H groups in total. The van der Waals surface area contributed by atoms with Crippen LogP contribution in [0.4, 0.5) is 5.69 Å². The molecule has 174 valence electrons. The maximum Gasteiger partial charge on any atom is 0.269 e. The molecule has 0 bridgehead atoms. The van der Waals surface area contributed by atoms with E-state index in [-0.39, 0.29) is 5.56 Å². The lowest BCUT2D eigenvalue weighted by Gasteiger charge is -2.38. The molecule has 1 aromatic carbocycles. The number of piperidine rings is 1. The second kappa shape index (κ2) is 9.27. The average molecular weight is 452 g/mol. The number of hydrogen-bond donors (Lipinski definition) is 0. The van der Waals surface area contributed by atoms with Crippen LogP contribution in [-0.4, -0.2) is 72.5 Å². The normalized spacial score (nSPS) is 16.7. The standard InChI is InChI=1S/C24H29N5O4/c1-27(18-13-22-24(26-15-18)33-12-11-32-22)17-5-7-28(8-6-17)9-10-29-21-14-19(31-2)3-4-20(21)25-16-23(29)30/h3-4,13-17H,5-12H2,1-2H3. The van der Waals surface area contributed by atoms with E-state index in [1.807, 2.05) is 30.5 Å². The van der Waals surface area contributed by atoms with E-state index in [1.165, 1.54) is 6.20 Å². The topological polar surface area (TPSA) is 82.0 Å². The largest absolute Gasteiger partial charge is 0.497 e. The van der Waals surface area contributed by atoms with Crippen molar-refractivity contribution in [1.29, 1.82) is 0 Å². The molecule has 1 fully saturated rings. The van der Waals surface area contributed by atoms with Gasteiger partial charge in [0.25, 0.3) is 11.4 Å². The summed E-state index contributed by atoms with van der Waals surface area (Å²) >= 11 is 0. The fourth-order valence-corrected chi connectivity index (χ4v) is 4.60. The molecule has 0 radical (unpaired) electrons. The summed E-state index contributed by atoms with van der Waals surface area (Å²) in [6.07, 6.45) is 5.35. The Morgan fingerprint density at radius 2 is 1.91 bits per heavy atom. The lowest BCUT2D eigenvalue weighted by Crippen LogP contribution is -2.44. The van der Waals surface area contributed by atoms with Gasteiger partial charge in [-0.25, -0.2) is 9.97 Å². The first-order valence-corrected chi connectivity index (χ1v) is 11.4. The fraction of sp³-hybridized carbons (Fsp3) is 0.458. The van der Waals surface area contributed by atoms with E-state index in [1.54, 1.807) is 11.7 Å². The number of fused-ring (bicyclic) bond motifs is 2. The number of benzene rings is 1. The molecule has 0 saturated carbocycles. The molecule has 9 heteroatoms. The molecule has 5 rings (SSSR count). The lowest BCUT2D eigenvalue weighted by atomic mass is 10.0. The second-order valence-corrected chi connectivity index (χ2v) is 8.48. The minimum absolute atomic E-state index is 0.0866. The van der Waals surface area contributed by atoms with Gasteiger partial charge in [0.2, 0.25) is 0 Å². The maximum atomic E-state index is 12.5. The highest BCUT2D eigenvalue weighted by molar-refractivity contribution is 5.76. The van der Waals surface area contributed by atoms with Gasteiger partial charge in [-0.2, -0.15) is 0 Å². The summed E-state index contributed by atoms with van der Waals surface area (Å²) < 4.78 is 18.3. The number of aromatic nitrogens is 3. The minimum atomic E-state index is -0.0866. The number of anilines is 1. The van der Waals surface area contributed by atoms with Gasteiger partial charge in [0, 0.05) is 51.4 Å². The summed E-state index contributed by atoms with van der Waals surface area (Å²) in [5.74, 6) is 2.01. The van der Waals surface area contributed by atoms with E-state index in [0.717, 1.165) is 60.7 Å². The lowest BCUT2D eigenvalue weighted by molar-refractivity contribution is 0.164. The van der Waals surface area contributed by atoms with Crippen LogP contribution in [-0.2, 0) is 6.54 Å². The summed E-state index contributed by atoms with van der Waals surface area (Å²) in [5, 5.41) is 0. The molecule has 0 unspecified atom stereocenters. The monoisotopic (exact) mass is 451 g/mol. The van der Waals surface area contributed by atoms with Crippen LogP contribution in [0.5, 0.6) is 17.4 Å². The third-order valence-corrected chi connectivity index (χ3v) is 6.59. The van der Waals surface area contributed by atoms with Gasteiger partial charge >= 0.3 is 0 Å². The van der Waals surface area contributed by atoms with E-state index in [9.17, 15) is 4.79 Å². The summed E-state index contributed by atoms with van der Waals surface area (Å²) in [7, 11) is 3.74. The Morgan fingerprint density at radius 1 is 1.09 bits per heavy atom. The van der Waals surface area contributed by atoms with Crippen molar-refractivity contribution in [2.75, 3.05) is 51.9 Å². The van der Waals surface area contributed by atoms with E-state index in [2.05, 4.69) is 26.8 Å². The molecule has 0 atom stereocenters. The SMILES string of the molecule is COc1ccc2ncc(=O)n(CCN3CCC(N(C)c4cnc5c(c4)OCCO5)CC3)c2c1. The second-order valence-electron chi connectivity index (χ2n) is 8.48. The van der Waals surface area contributed by atoms with Crippen molar-refractivity contribution in [1.82, 2.24) is 19.4 Å². The molecule has 2 aliphatic heterocycles. The quantitative estimate of drug-likeness (QED) is 0.564. The van der Waals surface area contributed by atoms with Crippen LogP contribution in [0.15, 0.2) is 41.5 Å². The highest BCUT2D eigenvalue weighted by atomic mass is 16.6. The van der Waals surface area contributed by atoms with E-state index in [4.69, 9.17) is 14.2 Å². The number of nitrogens with zero attached hydrogens (tertiary/aromatic N) is 5. The number of hydrogen-bond acceptors (Lipinski definition) is 8. The molecule has 0 aliphatic carbocycles. The molecule has 1 saturated heterocycles. The van der Waals surface area contributed by atoms with Crippen molar-refractivity contribution in [3.8, 4) is 17.4 Å². The molecular weight excluding hydrogens is 422 g/mol. The third-order valence-electron chi connectivity index (χ3n) is 6.59. The molecule has 4 heterocycles. The molecule has 0 amide bonds. The summed E-state index contributed by atoms with van der Waals surface area (Å²) in [6, 6.07) is 8.08. The molecule has 33 heavy (non-hydrogen) atoms. The van der Waals surface area contributed by atoms with Gasteiger partial charge in [-0.1, -0.05) is 0 Å². The zero-order chi connectivity index (χ0) is 22.8. The Balaban J connectivity index is 1.21. The van der Waals surface area contributed by atoms with Crippen molar-refractivity contribution in [3.63, 3.8) is 0 Å². The number of rotatable bonds is 6. The Labute approximate surface area is 192 Å². The first-order valence-electron chi connectivity index (χ1n) is 11.4. The van der Waals surface area contributed by atoms with Crippen LogP contribution in [0.3, 0.4) is 0 Å². The van der Waals surface area contributed by atoms with Crippen molar-refractivity contribution >= 4 is 16.7 Å². The predicted octanol–water partition coefficient (Wildman–Crippen LogP) is 2.17. The fourth-order valence-electron chi connectivity index (χ4n) is 4.60. The molecule has 3 aromatic rings. The van der Waals surface area contributed by atoms with Crippen molar-refractivity contribution in [3.05, 3.63) is 47.0 Å². The Kier molecular flexibility index (Phi) is 6.04. The molecule has 2 aromatic heterocycles. The maximum absolute atomic E-state index is 12.5. The highest BCUT2D eigenvalue weighted by Crippen LogP contribution is 2.32. The molecular formula is C24H29N5O4. The van der Waals surface area contributed by atoms with E-state index >= 15 is 0 Å². The van der Waals surface area contributed by atoms with Crippen molar-refractivity contribution in [2.45, 2.75) is 25.4 Å². The van der Waals surface area contributed by atoms with Crippen LogP contribution in [0, 0.1) is 0 Å². The molecule has 0 spiro atoms. The Morgan fingerprint density at radius 3 is 2.73 bits per heavy atom. The first-order chi connectivity index (χ1) is 16.1. The van der Waals surface area contributed by atoms with Gasteiger partial charge in [0.15, 0.2) is 5.75 Å². The van der Waals surface area contributed by atoms with Crippen molar-refractivity contribution < 1.29 is 14.2 Å². The van der Waals surface area contributed by atoms with Gasteiger partial charge in [-0.3, -0.25) is 4.79 Å². The average Bonchev–Trinajstić information content (AvgIpc) is 2.87. The molecule has 2 aliphatic rings. The number of ether oxygens (including phenoxy) is 3. The van der Waals surface area contributed by atoms with Crippen LogP contribution >= 0.6 is 0 Å². The van der Waals surface area contributed by atoms with Crippen LogP contribution in [0.2, 0.25) is 0 Å². The third kappa shape index (κ3) is 4.45. The predicted molar refractivity (Wildman–Crippen MR) is 126 cm³/mol. The zero-order valence-electron chi connectivity index (χ0n) is 19.1. The first kappa shape index (κ1) is 21.5. The summed E-state index contributed by atoms with van der Waals surface area (Å²) in [5.41, 5.74) is 2.56. The van der Waals surface area contributed by atoms with Crippen molar-refractivity contribution in [2.24, 2.45) is 0 Å². The van der Waals surface area contributed by atoms with Crippen LogP contribution in [0.1, 0.15) is 12.8 Å². The van der Waals surface area contributed by atoms with Crippen LogP contribution in [0.25, 0.3) is 11.0 Å². The van der Waals surface area contributed by atoms with E-state index < -0.39 is 0 Å². The Bertz CT molecular complexity index is 1190. The number of pyridine rings is 1. The Hall–Kier alpha value is -3.33. The highest BCUT2D eigenvalue weighted by Gasteiger charge is 2.24. The zero-order valence-corrected chi connectivity index (χ0v) is 19.1. The summed E-state index contributed by atoms with van der Waals surface area (Å²) in [6.45, 7) is 4.50. The van der Waals surface area contributed by atoms with Gasteiger partial charge < -0.3 is 28.6 Å². The van der Waals surface area contributed by atoms with E-state index in [0.29, 0.717) is 31.7 Å². The number of methoxy groups -OCH3 is 1. The number of likely N-dealkylation sites (tertiary alicyclic amines) is 1. The summed E-state index contributed by atoms with van der Waals surface area (Å²) in [4.78, 5) is 25.9. The molecule has 9 nitrogen and oxygen atoms in total.